The minimum atomic E-state index is -0.379. The van der Waals surface area contributed by atoms with Crippen molar-refractivity contribution in [3.05, 3.63) is 29.3 Å². The number of aliphatic hydroxyl groups is 1. The van der Waals surface area contributed by atoms with Crippen LogP contribution in [0, 0.1) is 19.8 Å². The second-order valence-corrected chi connectivity index (χ2v) is 5.35. The highest BCUT2D eigenvalue weighted by Gasteiger charge is 2.24. The molecule has 0 aliphatic carbocycles. The summed E-state index contributed by atoms with van der Waals surface area (Å²) < 4.78 is 5.53. The minimum Gasteiger partial charge on any atom is -0.483 e. The van der Waals surface area contributed by atoms with E-state index in [0.717, 1.165) is 23.4 Å². The van der Waals surface area contributed by atoms with E-state index in [1.807, 2.05) is 32.0 Å². The smallest absolute Gasteiger partial charge is 0.257 e. The second-order valence-electron chi connectivity index (χ2n) is 5.35. The Morgan fingerprint density at radius 1 is 1.45 bits per heavy atom. The second kappa shape index (κ2) is 6.72. The van der Waals surface area contributed by atoms with Crippen LogP contribution in [-0.4, -0.2) is 43.4 Å². The van der Waals surface area contributed by atoms with Gasteiger partial charge < -0.3 is 20.5 Å². The first kappa shape index (κ1) is 14.8. The maximum absolute atomic E-state index is 11.7. The molecular weight excluding hydrogens is 256 g/mol. The summed E-state index contributed by atoms with van der Waals surface area (Å²) in [4.78, 5) is 11.7. The highest BCUT2D eigenvalue weighted by molar-refractivity contribution is 5.77. The predicted molar refractivity (Wildman–Crippen MR) is 76.8 cm³/mol. The highest BCUT2D eigenvalue weighted by Crippen LogP contribution is 2.18. The van der Waals surface area contributed by atoms with Crippen LogP contribution in [0.4, 0.5) is 0 Å². The number of amides is 1. The van der Waals surface area contributed by atoms with Gasteiger partial charge >= 0.3 is 0 Å². The molecule has 0 aromatic heterocycles. The van der Waals surface area contributed by atoms with Gasteiger partial charge in [0.05, 0.1) is 6.10 Å². The Bertz CT molecular complexity index is 476. The van der Waals surface area contributed by atoms with E-state index in [1.54, 1.807) is 0 Å². The molecule has 2 rings (SSSR count). The molecule has 0 radical (unpaired) electrons. The lowest BCUT2D eigenvalue weighted by atomic mass is 10.1. The fourth-order valence-electron chi connectivity index (χ4n) is 2.23. The molecule has 0 saturated carbocycles. The van der Waals surface area contributed by atoms with Crippen LogP contribution in [0.1, 0.15) is 11.1 Å². The number of hydrogen-bond acceptors (Lipinski definition) is 4. The van der Waals surface area contributed by atoms with Gasteiger partial charge in [0.1, 0.15) is 5.75 Å². The quantitative estimate of drug-likeness (QED) is 0.728. The lowest BCUT2D eigenvalue weighted by Crippen LogP contribution is -2.36. The molecule has 1 heterocycles. The van der Waals surface area contributed by atoms with Crippen molar-refractivity contribution in [3.63, 3.8) is 0 Å². The molecule has 1 aliphatic rings. The molecule has 3 N–H and O–H groups in total. The van der Waals surface area contributed by atoms with Crippen LogP contribution in [0.5, 0.6) is 5.75 Å². The van der Waals surface area contributed by atoms with E-state index in [-0.39, 0.29) is 24.5 Å². The Hall–Kier alpha value is -1.59. The van der Waals surface area contributed by atoms with Gasteiger partial charge in [0.15, 0.2) is 6.61 Å². The summed E-state index contributed by atoms with van der Waals surface area (Å²) in [5.41, 5.74) is 2.12. The number of β-amino-alcohol motifs (C(OH)–C–C–N with tert-alkyl or cyclic N) is 1. The van der Waals surface area contributed by atoms with Gasteiger partial charge in [0, 0.05) is 25.6 Å². The number of benzene rings is 1. The van der Waals surface area contributed by atoms with E-state index in [9.17, 15) is 9.90 Å². The molecule has 1 amide bonds. The van der Waals surface area contributed by atoms with Gasteiger partial charge in [-0.15, -0.1) is 0 Å². The lowest BCUT2D eigenvalue weighted by molar-refractivity contribution is -0.123. The van der Waals surface area contributed by atoms with Gasteiger partial charge in [-0.1, -0.05) is 12.1 Å². The summed E-state index contributed by atoms with van der Waals surface area (Å²) in [7, 11) is 0. The van der Waals surface area contributed by atoms with Gasteiger partial charge in [-0.2, -0.15) is 0 Å². The average molecular weight is 278 g/mol. The predicted octanol–water partition coefficient (Wildman–Crippen LogP) is 0.379. The molecule has 1 saturated heterocycles. The SMILES string of the molecule is Cc1ccc(C)c(OCC(=O)NCC2CNCC2O)c1. The van der Waals surface area contributed by atoms with Crippen molar-refractivity contribution < 1.29 is 14.6 Å². The van der Waals surface area contributed by atoms with Crippen molar-refractivity contribution in [1.82, 2.24) is 10.6 Å². The van der Waals surface area contributed by atoms with Crippen LogP contribution >= 0.6 is 0 Å². The number of ether oxygens (including phenoxy) is 1. The summed E-state index contributed by atoms with van der Waals surface area (Å²) in [6.07, 6.45) is -0.379. The number of rotatable bonds is 5. The van der Waals surface area contributed by atoms with Crippen LogP contribution in [0.15, 0.2) is 18.2 Å². The molecular formula is C15H22N2O3. The fraction of sp³-hybridized carbons (Fsp3) is 0.533. The Morgan fingerprint density at radius 3 is 2.95 bits per heavy atom. The summed E-state index contributed by atoms with van der Waals surface area (Å²) in [6.45, 7) is 5.75. The van der Waals surface area contributed by atoms with Crippen LogP contribution in [0.3, 0.4) is 0 Å². The van der Waals surface area contributed by atoms with Crippen molar-refractivity contribution in [2.75, 3.05) is 26.2 Å². The molecule has 1 aromatic carbocycles. The summed E-state index contributed by atoms with van der Waals surface area (Å²) >= 11 is 0. The first-order valence-electron chi connectivity index (χ1n) is 6.92. The van der Waals surface area contributed by atoms with Crippen LogP contribution < -0.4 is 15.4 Å². The third-order valence-corrected chi connectivity index (χ3v) is 3.57. The zero-order chi connectivity index (χ0) is 14.5. The van der Waals surface area contributed by atoms with Crippen molar-refractivity contribution >= 4 is 5.91 Å². The monoisotopic (exact) mass is 278 g/mol. The van der Waals surface area contributed by atoms with E-state index in [4.69, 9.17) is 4.74 Å². The van der Waals surface area contributed by atoms with E-state index in [2.05, 4.69) is 10.6 Å². The topological polar surface area (TPSA) is 70.6 Å². The molecule has 0 bridgehead atoms. The number of nitrogens with one attached hydrogen (secondary N) is 2. The largest absolute Gasteiger partial charge is 0.483 e. The van der Waals surface area contributed by atoms with Crippen molar-refractivity contribution in [2.45, 2.75) is 20.0 Å². The minimum absolute atomic E-state index is 0.000533. The third-order valence-electron chi connectivity index (χ3n) is 3.57. The average Bonchev–Trinajstić information content (AvgIpc) is 2.83. The molecule has 2 unspecified atom stereocenters. The van der Waals surface area contributed by atoms with Crippen LogP contribution in [0.25, 0.3) is 0 Å². The first-order valence-corrected chi connectivity index (χ1v) is 6.92. The summed E-state index contributed by atoms with van der Waals surface area (Å²) in [6, 6.07) is 5.91. The molecule has 1 fully saturated rings. The van der Waals surface area contributed by atoms with Gasteiger partial charge in [-0.05, 0) is 31.0 Å². The van der Waals surface area contributed by atoms with Gasteiger partial charge in [-0.3, -0.25) is 4.79 Å². The van der Waals surface area contributed by atoms with Gasteiger partial charge in [0.2, 0.25) is 0 Å². The Labute approximate surface area is 119 Å². The van der Waals surface area contributed by atoms with Crippen molar-refractivity contribution in [1.29, 1.82) is 0 Å². The number of hydrogen-bond donors (Lipinski definition) is 3. The maximum Gasteiger partial charge on any atom is 0.257 e. The Balaban J connectivity index is 1.76. The fourth-order valence-corrected chi connectivity index (χ4v) is 2.23. The van der Waals surface area contributed by atoms with E-state index < -0.39 is 0 Å². The first-order chi connectivity index (χ1) is 9.56. The molecule has 20 heavy (non-hydrogen) atoms. The Kier molecular flexibility index (Phi) is 4.98. The summed E-state index contributed by atoms with van der Waals surface area (Å²) in [5, 5.41) is 15.5. The maximum atomic E-state index is 11.7. The van der Waals surface area contributed by atoms with Crippen molar-refractivity contribution in [3.8, 4) is 5.75 Å². The number of aliphatic hydroxyl groups excluding tert-OH is 1. The third kappa shape index (κ3) is 3.95. The van der Waals surface area contributed by atoms with Crippen LogP contribution in [0.2, 0.25) is 0 Å². The molecule has 5 heteroatoms. The van der Waals surface area contributed by atoms with E-state index in [0.29, 0.717) is 13.1 Å². The normalized spacial score (nSPS) is 21.8. The summed E-state index contributed by atoms with van der Waals surface area (Å²) in [5.74, 6) is 0.660. The number of aryl methyl sites for hydroxylation is 2. The Morgan fingerprint density at radius 2 is 2.25 bits per heavy atom. The van der Waals surface area contributed by atoms with Gasteiger partial charge in [0.25, 0.3) is 5.91 Å². The number of carbonyl (C=O) groups excluding carboxylic acids is 1. The van der Waals surface area contributed by atoms with E-state index in [1.165, 1.54) is 0 Å². The zero-order valence-electron chi connectivity index (χ0n) is 12.0. The molecule has 1 aliphatic heterocycles. The molecule has 1 aromatic rings. The van der Waals surface area contributed by atoms with Crippen LogP contribution in [-0.2, 0) is 4.79 Å². The zero-order valence-corrected chi connectivity index (χ0v) is 12.0. The van der Waals surface area contributed by atoms with Crippen molar-refractivity contribution in [2.24, 2.45) is 5.92 Å². The highest BCUT2D eigenvalue weighted by atomic mass is 16.5. The number of carbonyl (C=O) groups is 1. The molecule has 110 valence electrons. The lowest BCUT2D eigenvalue weighted by Gasteiger charge is -2.15. The van der Waals surface area contributed by atoms with Gasteiger partial charge in [-0.25, -0.2) is 0 Å². The molecule has 0 spiro atoms. The molecule has 2 atom stereocenters. The standard InChI is InChI=1S/C15H22N2O3/c1-10-3-4-11(2)14(5-10)20-9-15(19)17-7-12-6-16-8-13(12)18/h3-5,12-13,16,18H,6-9H2,1-2H3,(H,17,19). The molecule has 5 nitrogen and oxygen atoms in total. The van der Waals surface area contributed by atoms with E-state index >= 15 is 0 Å².